The van der Waals surface area contributed by atoms with Crippen molar-refractivity contribution in [1.29, 1.82) is 0 Å². The number of carbonyl (C=O) groups is 1. The number of hydrogen-bond acceptors (Lipinski definition) is 6. The molecule has 0 bridgehead atoms. The molecule has 1 aromatic carbocycles. The Morgan fingerprint density at radius 1 is 1.11 bits per heavy atom. The van der Waals surface area contributed by atoms with Gasteiger partial charge in [0.2, 0.25) is 5.88 Å². The number of anilines is 1. The van der Waals surface area contributed by atoms with Gasteiger partial charge in [-0.2, -0.15) is 13.2 Å². The van der Waals surface area contributed by atoms with E-state index in [0.29, 0.717) is 6.54 Å². The van der Waals surface area contributed by atoms with E-state index >= 15 is 0 Å². The average Bonchev–Trinajstić information content (AvgIpc) is 3.29. The second-order valence-corrected chi connectivity index (χ2v) is 11.2. The summed E-state index contributed by atoms with van der Waals surface area (Å²) in [5.41, 5.74) is -1.27. The van der Waals surface area contributed by atoms with Crippen LogP contribution in [0.1, 0.15) is 42.6 Å². The van der Waals surface area contributed by atoms with E-state index in [2.05, 4.69) is 15.2 Å². The van der Waals surface area contributed by atoms with E-state index in [1.807, 2.05) is 13.8 Å². The van der Waals surface area contributed by atoms with Crippen LogP contribution in [0.3, 0.4) is 0 Å². The number of likely N-dealkylation sites (tertiary alicyclic amines) is 1. The summed E-state index contributed by atoms with van der Waals surface area (Å²) in [6, 6.07) is 4.65. The Hall–Kier alpha value is -2.86. The zero-order valence-electron chi connectivity index (χ0n) is 19.4. The van der Waals surface area contributed by atoms with Crippen molar-refractivity contribution >= 4 is 21.6 Å². The average molecular weight is 513 g/mol. The Bertz CT molecular complexity index is 1190. The fraction of sp³-hybridized carbons (Fsp3) is 0.478. The smallest absolute Gasteiger partial charge is 0.416 e. The van der Waals surface area contributed by atoms with Gasteiger partial charge in [-0.25, -0.2) is 13.4 Å². The summed E-state index contributed by atoms with van der Waals surface area (Å²) in [4.78, 5) is 19.1. The molecule has 0 aliphatic carbocycles. The Labute approximate surface area is 202 Å². The highest BCUT2D eigenvalue weighted by atomic mass is 32.2. The van der Waals surface area contributed by atoms with Gasteiger partial charge in [-0.1, -0.05) is 0 Å². The van der Waals surface area contributed by atoms with Crippen LogP contribution in [0.5, 0.6) is 5.88 Å². The van der Waals surface area contributed by atoms with Crippen molar-refractivity contribution in [2.75, 3.05) is 37.1 Å². The van der Waals surface area contributed by atoms with Crippen LogP contribution >= 0.6 is 0 Å². The fourth-order valence-electron chi connectivity index (χ4n) is 4.31. The number of hydrogen-bond donors (Lipinski definition) is 1. The minimum Gasteiger partial charge on any atom is -0.474 e. The van der Waals surface area contributed by atoms with E-state index in [1.165, 1.54) is 12.3 Å². The minimum atomic E-state index is -4.58. The molecule has 1 aromatic heterocycles. The van der Waals surface area contributed by atoms with Crippen LogP contribution < -0.4 is 14.4 Å². The summed E-state index contributed by atoms with van der Waals surface area (Å²) in [6.45, 7) is 6.40. The summed E-state index contributed by atoms with van der Waals surface area (Å²) in [7, 11) is -4.22. The van der Waals surface area contributed by atoms with E-state index in [-0.39, 0.29) is 35.2 Å². The zero-order chi connectivity index (χ0) is 25.4. The Morgan fingerprint density at radius 2 is 1.77 bits per heavy atom. The maximum Gasteiger partial charge on any atom is 0.416 e. The highest BCUT2D eigenvalue weighted by molar-refractivity contribution is 7.92. The lowest BCUT2D eigenvalue weighted by molar-refractivity contribution is -0.137. The van der Waals surface area contributed by atoms with Gasteiger partial charge in [-0.3, -0.25) is 9.10 Å². The third-order valence-electron chi connectivity index (χ3n) is 5.94. The van der Waals surface area contributed by atoms with E-state index in [4.69, 9.17) is 4.74 Å². The lowest BCUT2D eigenvalue weighted by Crippen LogP contribution is -2.51. The van der Waals surface area contributed by atoms with Crippen molar-refractivity contribution in [2.24, 2.45) is 0 Å². The normalized spacial score (nSPS) is 17.1. The van der Waals surface area contributed by atoms with Crippen molar-refractivity contribution in [1.82, 2.24) is 15.2 Å². The van der Waals surface area contributed by atoms with Crippen molar-refractivity contribution in [3.05, 3.63) is 47.7 Å². The Balaban J connectivity index is 1.58. The molecule has 3 heterocycles. The summed E-state index contributed by atoms with van der Waals surface area (Å²) < 4.78 is 71.7. The SMILES string of the molecule is CC(C)(CN1CCCC1)NC(=O)c1cnc2c(c1)N(S(=O)(=O)c1ccc(C(F)(F)F)cc1)CCO2. The van der Waals surface area contributed by atoms with E-state index in [9.17, 15) is 26.4 Å². The van der Waals surface area contributed by atoms with Gasteiger partial charge in [0.1, 0.15) is 12.3 Å². The lowest BCUT2D eigenvalue weighted by Gasteiger charge is -2.32. The molecule has 1 N–H and O–H groups in total. The number of nitrogens with one attached hydrogen (secondary N) is 1. The second kappa shape index (κ2) is 9.30. The highest BCUT2D eigenvalue weighted by Gasteiger charge is 2.34. The molecule has 2 aliphatic rings. The molecule has 2 aromatic rings. The molecule has 190 valence electrons. The molecule has 1 amide bonds. The third-order valence-corrected chi connectivity index (χ3v) is 7.76. The van der Waals surface area contributed by atoms with Crippen LogP contribution in [-0.4, -0.2) is 62.5 Å². The van der Waals surface area contributed by atoms with Gasteiger partial charge in [-0.15, -0.1) is 0 Å². The van der Waals surface area contributed by atoms with Gasteiger partial charge in [0.25, 0.3) is 15.9 Å². The first kappa shape index (κ1) is 25.2. The number of pyridine rings is 1. The van der Waals surface area contributed by atoms with Crippen LogP contribution in [0.4, 0.5) is 18.9 Å². The molecule has 1 saturated heterocycles. The molecule has 0 spiro atoms. The predicted octanol–water partition coefficient (Wildman–Crippen LogP) is 3.29. The number of ether oxygens (including phenoxy) is 1. The van der Waals surface area contributed by atoms with E-state index in [0.717, 1.165) is 54.5 Å². The molecule has 1 fully saturated rings. The van der Waals surface area contributed by atoms with Crippen molar-refractivity contribution < 1.29 is 31.1 Å². The first-order valence-corrected chi connectivity index (χ1v) is 12.7. The van der Waals surface area contributed by atoms with Gasteiger partial charge < -0.3 is 15.0 Å². The molecule has 4 rings (SSSR count). The van der Waals surface area contributed by atoms with Gasteiger partial charge in [-0.05, 0) is 70.1 Å². The molecule has 0 unspecified atom stereocenters. The van der Waals surface area contributed by atoms with Gasteiger partial charge in [0.15, 0.2) is 0 Å². The molecule has 0 atom stereocenters. The van der Waals surface area contributed by atoms with Crippen LogP contribution in [0, 0.1) is 0 Å². The third kappa shape index (κ3) is 5.53. The number of benzene rings is 1. The second-order valence-electron chi connectivity index (χ2n) is 9.32. The number of amides is 1. The highest BCUT2D eigenvalue weighted by Crippen LogP contribution is 2.35. The summed E-state index contributed by atoms with van der Waals surface area (Å²) in [5, 5.41) is 2.98. The molecular weight excluding hydrogens is 485 g/mol. The maximum absolute atomic E-state index is 13.3. The topological polar surface area (TPSA) is 91.8 Å². The summed E-state index contributed by atoms with van der Waals surface area (Å²) in [6.07, 6.45) is -1.01. The van der Waals surface area contributed by atoms with E-state index in [1.54, 1.807) is 0 Å². The van der Waals surface area contributed by atoms with Crippen molar-refractivity contribution in [2.45, 2.75) is 43.3 Å². The number of nitrogens with zero attached hydrogens (tertiary/aromatic N) is 3. The van der Waals surface area contributed by atoms with Crippen LogP contribution in [0.15, 0.2) is 41.4 Å². The zero-order valence-corrected chi connectivity index (χ0v) is 20.2. The van der Waals surface area contributed by atoms with Gasteiger partial charge >= 0.3 is 6.18 Å². The molecular formula is C23H27F3N4O4S. The van der Waals surface area contributed by atoms with Crippen molar-refractivity contribution in [3.8, 4) is 5.88 Å². The number of aromatic nitrogens is 1. The number of carbonyl (C=O) groups excluding carboxylic acids is 1. The molecule has 0 radical (unpaired) electrons. The predicted molar refractivity (Wildman–Crippen MR) is 123 cm³/mol. The molecule has 8 nitrogen and oxygen atoms in total. The van der Waals surface area contributed by atoms with Crippen LogP contribution in [0.2, 0.25) is 0 Å². The molecule has 12 heteroatoms. The minimum absolute atomic E-state index is 0.00821. The standard InChI is InChI=1S/C23H27F3N4O4S/c1-22(2,15-29-9-3-4-10-29)28-20(31)16-13-19-21(27-14-16)34-12-11-30(19)35(32,33)18-7-5-17(6-8-18)23(24,25)26/h5-8,13-14H,3-4,9-12,15H2,1-2H3,(H,28,31). The van der Waals surface area contributed by atoms with Crippen LogP contribution in [0.25, 0.3) is 0 Å². The van der Waals surface area contributed by atoms with Crippen molar-refractivity contribution in [3.63, 3.8) is 0 Å². The summed E-state index contributed by atoms with van der Waals surface area (Å²) >= 11 is 0. The largest absolute Gasteiger partial charge is 0.474 e. The van der Waals surface area contributed by atoms with Crippen LogP contribution in [-0.2, 0) is 16.2 Å². The first-order valence-electron chi connectivity index (χ1n) is 11.2. The fourth-order valence-corrected chi connectivity index (χ4v) is 5.75. The number of rotatable bonds is 6. The molecule has 0 saturated carbocycles. The van der Waals surface area contributed by atoms with Gasteiger partial charge in [0, 0.05) is 18.3 Å². The Morgan fingerprint density at radius 3 is 2.40 bits per heavy atom. The molecule has 2 aliphatic heterocycles. The summed E-state index contributed by atoms with van der Waals surface area (Å²) in [5.74, 6) is -0.387. The monoisotopic (exact) mass is 512 g/mol. The number of fused-ring (bicyclic) bond motifs is 1. The Kier molecular flexibility index (Phi) is 6.71. The molecule has 35 heavy (non-hydrogen) atoms. The lowest BCUT2D eigenvalue weighted by atomic mass is 10.0. The quantitative estimate of drug-likeness (QED) is 0.639. The van der Waals surface area contributed by atoms with E-state index < -0.39 is 33.2 Å². The number of alkyl halides is 3. The maximum atomic E-state index is 13.3. The first-order chi connectivity index (χ1) is 16.4. The van der Waals surface area contributed by atoms with Gasteiger partial charge in [0.05, 0.1) is 22.6 Å². The number of halogens is 3. The number of sulfonamides is 1.